The topological polar surface area (TPSA) is 63.4 Å². The maximum absolute atomic E-state index is 11.8. The van der Waals surface area contributed by atoms with Gasteiger partial charge in [0.15, 0.2) is 0 Å². The summed E-state index contributed by atoms with van der Waals surface area (Å²) in [6, 6.07) is 0. The molecule has 0 bridgehead atoms. The van der Waals surface area contributed by atoms with Gasteiger partial charge in [0.1, 0.15) is 0 Å². The molecule has 1 rings (SSSR count). The molecule has 14 heavy (non-hydrogen) atoms. The first kappa shape index (κ1) is 11.2. The van der Waals surface area contributed by atoms with Crippen LogP contribution in [0.3, 0.4) is 0 Å². The Morgan fingerprint density at radius 2 is 2.07 bits per heavy atom. The molecule has 2 N–H and O–H groups in total. The first-order chi connectivity index (χ1) is 6.38. The van der Waals surface area contributed by atoms with Crippen molar-refractivity contribution in [2.75, 3.05) is 13.1 Å². The van der Waals surface area contributed by atoms with Gasteiger partial charge in [0.25, 0.3) is 0 Å². The Balaban J connectivity index is 2.71. The van der Waals surface area contributed by atoms with E-state index in [-0.39, 0.29) is 17.7 Å². The fourth-order valence-corrected chi connectivity index (χ4v) is 1.60. The van der Waals surface area contributed by atoms with E-state index in [0.29, 0.717) is 19.5 Å². The number of imide groups is 1. The van der Waals surface area contributed by atoms with Crippen LogP contribution in [0.25, 0.3) is 0 Å². The van der Waals surface area contributed by atoms with E-state index in [4.69, 9.17) is 5.73 Å². The van der Waals surface area contributed by atoms with Crippen LogP contribution in [-0.2, 0) is 9.59 Å². The summed E-state index contributed by atoms with van der Waals surface area (Å²) in [5.41, 5.74) is 4.94. The van der Waals surface area contributed by atoms with E-state index in [1.165, 1.54) is 4.90 Å². The summed E-state index contributed by atoms with van der Waals surface area (Å²) in [6.07, 6.45) is 0.323. The third-order valence-corrected chi connectivity index (χ3v) is 2.61. The second-order valence-corrected chi connectivity index (χ2v) is 4.71. The minimum absolute atomic E-state index is 0.0669. The lowest BCUT2D eigenvalue weighted by molar-refractivity contribution is -0.141. The van der Waals surface area contributed by atoms with Crippen molar-refractivity contribution in [1.82, 2.24) is 4.90 Å². The predicted octanol–water partition coefficient (Wildman–Crippen LogP) is 0.366. The van der Waals surface area contributed by atoms with Gasteiger partial charge < -0.3 is 5.73 Å². The first-order valence-electron chi connectivity index (χ1n) is 4.93. The van der Waals surface area contributed by atoms with E-state index < -0.39 is 5.41 Å². The van der Waals surface area contributed by atoms with Crippen LogP contribution in [-0.4, -0.2) is 29.8 Å². The molecule has 1 aliphatic rings. The number of rotatable bonds is 3. The van der Waals surface area contributed by atoms with E-state index in [1.807, 2.05) is 6.92 Å². The standard InChI is InChI=1S/C10H18N2O2/c1-7(5-11)6-12-8(13)4-10(2,3)9(12)14/h7H,4-6,11H2,1-3H3. The van der Waals surface area contributed by atoms with Crippen LogP contribution in [0, 0.1) is 11.3 Å². The van der Waals surface area contributed by atoms with E-state index >= 15 is 0 Å². The SMILES string of the molecule is CC(CN)CN1C(=O)CC(C)(C)C1=O. The van der Waals surface area contributed by atoms with Crippen molar-refractivity contribution in [3.63, 3.8) is 0 Å². The molecular formula is C10H18N2O2. The zero-order chi connectivity index (χ0) is 10.9. The molecule has 0 aromatic carbocycles. The molecule has 1 fully saturated rings. The number of carbonyl (C=O) groups is 2. The Morgan fingerprint density at radius 3 is 2.43 bits per heavy atom. The number of hydrogen-bond donors (Lipinski definition) is 1. The van der Waals surface area contributed by atoms with Crippen LogP contribution in [0.15, 0.2) is 0 Å². The smallest absolute Gasteiger partial charge is 0.235 e. The van der Waals surface area contributed by atoms with E-state index in [9.17, 15) is 9.59 Å². The molecular weight excluding hydrogens is 180 g/mol. The quantitative estimate of drug-likeness (QED) is 0.666. The van der Waals surface area contributed by atoms with Gasteiger partial charge in [0.2, 0.25) is 11.8 Å². The van der Waals surface area contributed by atoms with E-state index in [2.05, 4.69) is 0 Å². The summed E-state index contributed by atoms with van der Waals surface area (Å²) in [5, 5.41) is 0. The maximum atomic E-state index is 11.8. The van der Waals surface area contributed by atoms with Crippen LogP contribution in [0.1, 0.15) is 27.2 Å². The van der Waals surface area contributed by atoms with Crippen molar-refractivity contribution < 1.29 is 9.59 Å². The van der Waals surface area contributed by atoms with Gasteiger partial charge >= 0.3 is 0 Å². The third kappa shape index (κ3) is 1.95. The lowest BCUT2D eigenvalue weighted by Gasteiger charge is -2.20. The minimum Gasteiger partial charge on any atom is -0.330 e. The molecule has 4 heteroatoms. The van der Waals surface area contributed by atoms with Crippen LogP contribution in [0.2, 0.25) is 0 Å². The zero-order valence-corrected chi connectivity index (χ0v) is 9.04. The molecule has 1 atom stereocenters. The number of hydrogen-bond acceptors (Lipinski definition) is 3. The minimum atomic E-state index is -0.522. The molecule has 0 aromatic heterocycles. The lowest BCUT2D eigenvalue weighted by atomic mass is 9.92. The number of likely N-dealkylation sites (tertiary alicyclic amines) is 1. The van der Waals surface area contributed by atoms with Crippen LogP contribution in [0.4, 0.5) is 0 Å². The summed E-state index contributed by atoms with van der Waals surface area (Å²) in [6.45, 7) is 6.50. The molecule has 0 radical (unpaired) electrons. The summed E-state index contributed by atoms with van der Waals surface area (Å²) < 4.78 is 0. The predicted molar refractivity (Wildman–Crippen MR) is 53.3 cm³/mol. The molecule has 1 saturated heterocycles. The molecule has 80 valence electrons. The second-order valence-electron chi connectivity index (χ2n) is 4.71. The molecule has 0 aliphatic carbocycles. The molecule has 4 nitrogen and oxygen atoms in total. The highest BCUT2D eigenvalue weighted by Gasteiger charge is 2.44. The highest BCUT2D eigenvalue weighted by molar-refractivity contribution is 6.05. The number of nitrogens with two attached hydrogens (primary N) is 1. The van der Waals surface area contributed by atoms with Crippen molar-refractivity contribution in [2.45, 2.75) is 27.2 Å². The fraction of sp³-hybridized carbons (Fsp3) is 0.800. The van der Waals surface area contributed by atoms with Crippen molar-refractivity contribution >= 4 is 11.8 Å². The molecule has 1 aliphatic heterocycles. The second kappa shape index (κ2) is 3.69. The summed E-state index contributed by atoms with van der Waals surface area (Å²) >= 11 is 0. The average Bonchev–Trinajstić information content (AvgIpc) is 2.28. The van der Waals surface area contributed by atoms with Crippen molar-refractivity contribution in [3.05, 3.63) is 0 Å². The van der Waals surface area contributed by atoms with Crippen LogP contribution in [0.5, 0.6) is 0 Å². The van der Waals surface area contributed by atoms with Gasteiger partial charge in [-0.05, 0) is 12.5 Å². The average molecular weight is 198 g/mol. The number of amides is 2. The van der Waals surface area contributed by atoms with Gasteiger partial charge in [-0.2, -0.15) is 0 Å². The van der Waals surface area contributed by atoms with Crippen LogP contribution < -0.4 is 5.73 Å². The Hall–Kier alpha value is -0.900. The van der Waals surface area contributed by atoms with Gasteiger partial charge in [0, 0.05) is 13.0 Å². The lowest BCUT2D eigenvalue weighted by Crippen LogP contribution is -2.38. The van der Waals surface area contributed by atoms with Gasteiger partial charge in [0.05, 0.1) is 5.41 Å². The summed E-state index contributed by atoms with van der Waals surface area (Å²) in [5.74, 6) is 0.0416. The fourth-order valence-electron chi connectivity index (χ4n) is 1.60. The number of carbonyl (C=O) groups excluding carboxylic acids is 2. The first-order valence-corrected chi connectivity index (χ1v) is 4.93. The molecule has 0 saturated carbocycles. The maximum Gasteiger partial charge on any atom is 0.235 e. The summed E-state index contributed by atoms with van der Waals surface area (Å²) in [4.78, 5) is 24.6. The third-order valence-electron chi connectivity index (χ3n) is 2.61. The van der Waals surface area contributed by atoms with Crippen molar-refractivity contribution in [3.8, 4) is 0 Å². The molecule has 1 unspecified atom stereocenters. The Bertz CT molecular complexity index is 261. The highest BCUT2D eigenvalue weighted by atomic mass is 16.2. The van der Waals surface area contributed by atoms with Gasteiger partial charge in [-0.15, -0.1) is 0 Å². The normalized spacial score (nSPS) is 23.0. The van der Waals surface area contributed by atoms with Crippen molar-refractivity contribution in [1.29, 1.82) is 0 Å². The Morgan fingerprint density at radius 1 is 1.50 bits per heavy atom. The van der Waals surface area contributed by atoms with Gasteiger partial charge in [-0.25, -0.2) is 0 Å². The monoisotopic (exact) mass is 198 g/mol. The Labute approximate surface area is 84.4 Å². The van der Waals surface area contributed by atoms with E-state index in [1.54, 1.807) is 13.8 Å². The largest absolute Gasteiger partial charge is 0.330 e. The molecule has 2 amide bonds. The molecule has 0 spiro atoms. The van der Waals surface area contributed by atoms with Gasteiger partial charge in [-0.1, -0.05) is 20.8 Å². The van der Waals surface area contributed by atoms with Gasteiger partial charge in [-0.3, -0.25) is 14.5 Å². The highest BCUT2D eigenvalue weighted by Crippen LogP contribution is 2.31. The summed E-state index contributed by atoms with van der Waals surface area (Å²) in [7, 11) is 0. The Kier molecular flexibility index (Phi) is 2.95. The van der Waals surface area contributed by atoms with E-state index in [0.717, 1.165) is 0 Å². The van der Waals surface area contributed by atoms with Crippen LogP contribution >= 0.6 is 0 Å². The molecule has 0 aromatic rings. The number of nitrogens with zero attached hydrogens (tertiary/aromatic N) is 1. The van der Waals surface area contributed by atoms with Crippen molar-refractivity contribution in [2.24, 2.45) is 17.1 Å². The molecule has 1 heterocycles. The zero-order valence-electron chi connectivity index (χ0n) is 9.04.